The van der Waals surface area contributed by atoms with Crippen molar-refractivity contribution in [1.82, 2.24) is 15.2 Å². The molecule has 100 valence electrons. The van der Waals surface area contributed by atoms with Gasteiger partial charge in [0.05, 0.1) is 6.42 Å². The van der Waals surface area contributed by atoms with E-state index in [1.165, 1.54) is 0 Å². The Hall–Kier alpha value is -2.17. The molecule has 0 aliphatic carbocycles. The molecule has 0 fully saturated rings. The van der Waals surface area contributed by atoms with Crippen LogP contribution in [-0.4, -0.2) is 21.1 Å². The highest BCUT2D eigenvalue weighted by Gasteiger charge is 2.17. The van der Waals surface area contributed by atoms with Gasteiger partial charge in [0, 0.05) is 29.6 Å². The molecule has 0 unspecified atom stereocenters. The van der Waals surface area contributed by atoms with Gasteiger partial charge in [-0.25, -0.2) is 0 Å². The number of rotatable bonds is 3. The summed E-state index contributed by atoms with van der Waals surface area (Å²) in [5.74, 6) is 0.457. The molecule has 0 saturated heterocycles. The molecule has 2 N–H and O–H groups in total. The summed E-state index contributed by atoms with van der Waals surface area (Å²) >= 11 is 0. The van der Waals surface area contributed by atoms with Crippen molar-refractivity contribution < 1.29 is 4.79 Å². The Morgan fingerprint density at radius 2 is 2.21 bits per heavy atom. The van der Waals surface area contributed by atoms with Crippen molar-refractivity contribution in [2.45, 2.75) is 32.6 Å². The third kappa shape index (κ3) is 3.64. The van der Waals surface area contributed by atoms with E-state index in [9.17, 15) is 4.79 Å². The minimum Gasteiger partial charge on any atom is -0.309 e. The monoisotopic (exact) mass is 258 g/mol. The van der Waals surface area contributed by atoms with Crippen LogP contribution in [0.5, 0.6) is 0 Å². The molecule has 2 rings (SSSR count). The standard InChI is InChI=1S/C14H18N4O/c1-14(2,3)11-8-12(18-17-11)16-13(19)7-10-5-4-6-15-9-10/h4-6,8-9H,7H2,1-3H3,(H2,16,17,18,19). The third-order valence-corrected chi connectivity index (χ3v) is 2.74. The first-order valence-electron chi connectivity index (χ1n) is 6.20. The number of aromatic nitrogens is 3. The first-order chi connectivity index (χ1) is 8.95. The Kier molecular flexibility index (Phi) is 3.64. The SMILES string of the molecule is CC(C)(C)c1cc(NC(=O)Cc2cccnc2)n[nH]1. The molecule has 1 amide bonds. The molecule has 2 heterocycles. The molecule has 0 bridgehead atoms. The van der Waals surface area contributed by atoms with Gasteiger partial charge in [-0.15, -0.1) is 0 Å². The van der Waals surface area contributed by atoms with E-state index in [0.29, 0.717) is 12.2 Å². The maximum Gasteiger partial charge on any atom is 0.230 e. The Morgan fingerprint density at radius 1 is 1.42 bits per heavy atom. The normalized spacial score (nSPS) is 11.3. The van der Waals surface area contributed by atoms with Gasteiger partial charge < -0.3 is 5.32 Å². The van der Waals surface area contributed by atoms with E-state index in [-0.39, 0.29) is 11.3 Å². The van der Waals surface area contributed by atoms with E-state index in [1.807, 2.05) is 18.2 Å². The van der Waals surface area contributed by atoms with Crippen molar-refractivity contribution in [3.63, 3.8) is 0 Å². The lowest BCUT2D eigenvalue weighted by molar-refractivity contribution is -0.115. The van der Waals surface area contributed by atoms with Gasteiger partial charge in [-0.2, -0.15) is 5.10 Å². The Labute approximate surface area is 112 Å². The van der Waals surface area contributed by atoms with E-state index in [4.69, 9.17) is 0 Å². The number of nitrogens with zero attached hydrogens (tertiary/aromatic N) is 2. The molecule has 19 heavy (non-hydrogen) atoms. The second-order valence-corrected chi connectivity index (χ2v) is 5.50. The quantitative estimate of drug-likeness (QED) is 0.887. The summed E-state index contributed by atoms with van der Waals surface area (Å²) in [6.45, 7) is 6.26. The molecule has 0 aromatic carbocycles. The van der Waals surface area contributed by atoms with Crippen LogP contribution in [-0.2, 0) is 16.6 Å². The van der Waals surface area contributed by atoms with Crippen LogP contribution in [0.4, 0.5) is 5.82 Å². The van der Waals surface area contributed by atoms with E-state index >= 15 is 0 Å². The van der Waals surface area contributed by atoms with E-state index in [1.54, 1.807) is 12.4 Å². The third-order valence-electron chi connectivity index (χ3n) is 2.74. The molecule has 0 aliphatic rings. The van der Waals surface area contributed by atoms with Crippen molar-refractivity contribution in [2.24, 2.45) is 0 Å². The number of pyridine rings is 1. The van der Waals surface area contributed by atoms with Gasteiger partial charge in [-0.1, -0.05) is 26.8 Å². The summed E-state index contributed by atoms with van der Waals surface area (Å²) in [4.78, 5) is 15.8. The molecular weight excluding hydrogens is 240 g/mol. The van der Waals surface area contributed by atoms with Crippen molar-refractivity contribution in [1.29, 1.82) is 0 Å². The number of aromatic amines is 1. The number of hydrogen-bond donors (Lipinski definition) is 2. The predicted molar refractivity (Wildman–Crippen MR) is 73.9 cm³/mol. The first kappa shape index (κ1) is 13.3. The van der Waals surface area contributed by atoms with Crippen LogP contribution in [0.15, 0.2) is 30.6 Å². The predicted octanol–water partition coefficient (Wildman–Crippen LogP) is 2.28. The van der Waals surface area contributed by atoms with Gasteiger partial charge in [0.2, 0.25) is 5.91 Å². The van der Waals surface area contributed by atoms with Crippen LogP contribution in [0.25, 0.3) is 0 Å². The zero-order chi connectivity index (χ0) is 13.9. The summed E-state index contributed by atoms with van der Waals surface area (Å²) in [6.07, 6.45) is 3.67. The summed E-state index contributed by atoms with van der Waals surface area (Å²) in [5.41, 5.74) is 1.86. The molecule has 2 aromatic heterocycles. The summed E-state index contributed by atoms with van der Waals surface area (Å²) < 4.78 is 0. The highest BCUT2D eigenvalue weighted by molar-refractivity contribution is 5.91. The largest absolute Gasteiger partial charge is 0.309 e. The second kappa shape index (κ2) is 5.22. The first-order valence-corrected chi connectivity index (χ1v) is 6.20. The van der Waals surface area contributed by atoms with Crippen LogP contribution < -0.4 is 5.32 Å². The zero-order valence-corrected chi connectivity index (χ0v) is 11.4. The van der Waals surface area contributed by atoms with Gasteiger partial charge in [0.1, 0.15) is 0 Å². The highest BCUT2D eigenvalue weighted by Crippen LogP contribution is 2.21. The number of H-pyrrole nitrogens is 1. The van der Waals surface area contributed by atoms with E-state index < -0.39 is 0 Å². The lowest BCUT2D eigenvalue weighted by atomic mass is 9.92. The van der Waals surface area contributed by atoms with Crippen molar-refractivity contribution in [2.75, 3.05) is 5.32 Å². The van der Waals surface area contributed by atoms with Crippen LogP contribution in [0.3, 0.4) is 0 Å². The van der Waals surface area contributed by atoms with Gasteiger partial charge in [0.15, 0.2) is 5.82 Å². The van der Waals surface area contributed by atoms with Crippen molar-refractivity contribution in [3.8, 4) is 0 Å². The molecule has 5 heteroatoms. The van der Waals surface area contributed by atoms with Gasteiger partial charge in [-0.3, -0.25) is 14.9 Å². The Morgan fingerprint density at radius 3 is 2.79 bits per heavy atom. The van der Waals surface area contributed by atoms with Gasteiger partial charge in [-0.05, 0) is 11.6 Å². The van der Waals surface area contributed by atoms with E-state index in [2.05, 4.69) is 41.3 Å². The topological polar surface area (TPSA) is 70.7 Å². The molecule has 0 radical (unpaired) electrons. The van der Waals surface area contributed by atoms with Crippen molar-refractivity contribution in [3.05, 3.63) is 41.9 Å². The highest BCUT2D eigenvalue weighted by atomic mass is 16.1. The van der Waals surface area contributed by atoms with Crippen LogP contribution in [0.1, 0.15) is 32.0 Å². The van der Waals surface area contributed by atoms with Crippen molar-refractivity contribution >= 4 is 11.7 Å². The second-order valence-electron chi connectivity index (χ2n) is 5.50. The average molecular weight is 258 g/mol. The Balaban J connectivity index is 1.98. The minimum absolute atomic E-state index is 0.0146. The summed E-state index contributed by atoms with van der Waals surface area (Å²) in [7, 11) is 0. The molecule has 0 saturated carbocycles. The lowest BCUT2D eigenvalue weighted by Gasteiger charge is -2.14. The van der Waals surface area contributed by atoms with Crippen LogP contribution in [0.2, 0.25) is 0 Å². The van der Waals surface area contributed by atoms with Crippen LogP contribution >= 0.6 is 0 Å². The zero-order valence-electron chi connectivity index (χ0n) is 11.4. The number of carbonyl (C=O) groups excluding carboxylic acids is 1. The molecule has 2 aromatic rings. The van der Waals surface area contributed by atoms with Crippen LogP contribution in [0, 0.1) is 0 Å². The average Bonchev–Trinajstić information content (AvgIpc) is 2.78. The fraction of sp³-hybridized carbons (Fsp3) is 0.357. The number of carbonyl (C=O) groups is 1. The smallest absolute Gasteiger partial charge is 0.230 e. The number of hydrogen-bond acceptors (Lipinski definition) is 3. The maximum absolute atomic E-state index is 11.8. The van der Waals surface area contributed by atoms with E-state index in [0.717, 1.165) is 11.3 Å². The number of nitrogens with one attached hydrogen (secondary N) is 2. The lowest BCUT2D eigenvalue weighted by Crippen LogP contribution is -2.14. The number of anilines is 1. The molecule has 0 atom stereocenters. The molecule has 5 nitrogen and oxygen atoms in total. The molecular formula is C14H18N4O. The fourth-order valence-electron chi connectivity index (χ4n) is 1.65. The maximum atomic E-state index is 11.8. The fourth-order valence-corrected chi connectivity index (χ4v) is 1.65. The van der Waals surface area contributed by atoms with Gasteiger partial charge in [0.25, 0.3) is 0 Å². The Bertz CT molecular complexity index is 554. The number of amides is 1. The summed E-state index contributed by atoms with van der Waals surface area (Å²) in [5, 5.41) is 9.80. The molecule has 0 spiro atoms. The molecule has 0 aliphatic heterocycles. The minimum atomic E-state index is -0.0973. The van der Waals surface area contributed by atoms with Gasteiger partial charge >= 0.3 is 0 Å². The summed E-state index contributed by atoms with van der Waals surface area (Å²) in [6, 6.07) is 5.55.